The third kappa shape index (κ3) is 3.20. The van der Waals surface area contributed by atoms with Gasteiger partial charge in [-0.1, -0.05) is 32.4 Å². The first-order valence-electron chi connectivity index (χ1n) is 5.88. The van der Waals surface area contributed by atoms with Crippen molar-refractivity contribution in [2.24, 2.45) is 0 Å². The Hall–Kier alpha value is -1.69. The minimum absolute atomic E-state index is 0.0860. The van der Waals surface area contributed by atoms with Crippen LogP contribution in [0.25, 0.3) is 0 Å². The number of imide groups is 1. The van der Waals surface area contributed by atoms with Crippen molar-refractivity contribution in [1.29, 1.82) is 0 Å². The molecule has 1 aliphatic heterocycles. The molecule has 1 aliphatic rings. The lowest BCUT2D eigenvalue weighted by atomic mass is 9.96. The fourth-order valence-electron chi connectivity index (χ4n) is 1.70. The summed E-state index contributed by atoms with van der Waals surface area (Å²) in [6, 6.07) is 1.56. The monoisotopic (exact) mass is 282 g/mol. The average Bonchev–Trinajstić information content (AvgIpc) is 2.25. The second kappa shape index (κ2) is 4.77. The van der Waals surface area contributed by atoms with E-state index < -0.39 is 0 Å². The van der Waals surface area contributed by atoms with Gasteiger partial charge in [0.2, 0.25) is 11.8 Å². The number of hydrogen-bond acceptors (Lipinski definition) is 5. The number of aromatic nitrogens is 2. The molecule has 0 aromatic carbocycles. The molecular formula is C12H15ClN4O2. The van der Waals surface area contributed by atoms with Crippen molar-refractivity contribution in [1.82, 2.24) is 15.3 Å². The molecule has 0 spiro atoms. The first-order valence-corrected chi connectivity index (χ1v) is 6.26. The Morgan fingerprint density at radius 3 is 2.32 bits per heavy atom. The van der Waals surface area contributed by atoms with Crippen molar-refractivity contribution in [3.63, 3.8) is 0 Å². The molecule has 0 aliphatic carbocycles. The molecule has 6 nitrogen and oxygen atoms in total. The Labute approximate surface area is 116 Å². The van der Waals surface area contributed by atoms with Crippen molar-refractivity contribution in [3.05, 3.63) is 17.0 Å². The highest BCUT2D eigenvalue weighted by Gasteiger charge is 2.26. The smallest absolute Gasteiger partial charge is 0.246 e. The van der Waals surface area contributed by atoms with Crippen molar-refractivity contribution in [3.8, 4) is 0 Å². The number of carbonyl (C=O) groups is 2. The van der Waals surface area contributed by atoms with Gasteiger partial charge < -0.3 is 4.90 Å². The van der Waals surface area contributed by atoms with Crippen LogP contribution in [0.15, 0.2) is 6.07 Å². The summed E-state index contributed by atoms with van der Waals surface area (Å²) in [6.07, 6.45) is 0. The lowest BCUT2D eigenvalue weighted by Gasteiger charge is -2.27. The number of rotatable bonds is 1. The van der Waals surface area contributed by atoms with E-state index in [2.05, 4.69) is 15.3 Å². The van der Waals surface area contributed by atoms with Crippen molar-refractivity contribution in [2.45, 2.75) is 26.2 Å². The summed E-state index contributed by atoms with van der Waals surface area (Å²) in [7, 11) is 0. The number of hydrogen-bond donors (Lipinski definition) is 1. The number of nitrogens with one attached hydrogen (secondary N) is 1. The Bertz CT molecular complexity index is 523. The number of piperazine rings is 1. The van der Waals surface area contributed by atoms with Gasteiger partial charge in [-0.25, -0.2) is 9.97 Å². The zero-order valence-corrected chi connectivity index (χ0v) is 11.8. The maximum absolute atomic E-state index is 11.4. The summed E-state index contributed by atoms with van der Waals surface area (Å²) < 4.78 is 0. The molecule has 2 amide bonds. The van der Waals surface area contributed by atoms with Gasteiger partial charge in [0, 0.05) is 11.5 Å². The molecule has 102 valence electrons. The summed E-state index contributed by atoms with van der Waals surface area (Å²) >= 11 is 5.98. The van der Waals surface area contributed by atoms with Crippen LogP contribution < -0.4 is 10.2 Å². The van der Waals surface area contributed by atoms with Gasteiger partial charge in [0.1, 0.15) is 16.8 Å². The van der Waals surface area contributed by atoms with Crippen LogP contribution >= 0.6 is 11.6 Å². The van der Waals surface area contributed by atoms with Crippen LogP contribution in [0.4, 0.5) is 5.82 Å². The van der Waals surface area contributed by atoms with Crippen LogP contribution in [-0.2, 0) is 15.0 Å². The maximum atomic E-state index is 11.4. The van der Waals surface area contributed by atoms with Crippen LogP contribution in [-0.4, -0.2) is 34.9 Å². The lowest BCUT2D eigenvalue weighted by Crippen LogP contribution is -2.51. The molecule has 0 atom stereocenters. The van der Waals surface area contributed by atoms with Gasteiger partial charge in [-0.3, -0.25) is 14.9 Å². The number of carbonyl (C=O) groups excluding carboxylic acids is 2. The van der Waals surface area contributed by atoms with E-state index in [9.17, 15) is 9.59 Å². The molecule has 1 N–H and O–H groups in total. The Kier molecular flexibility index (Phi) is 3.45. The van der Waals surface area contributed by atoms with Gasteiger partial charge in [-0.15, -0.1) is 0 Å². The van der Waals surface area contributed by atoms with Gasteiger partial charge >= 0.3 is 0 Å². The van der Waals surface area contributed by atoms with Crippen molar-refractivity contribution in [2.75, 3.05) is 18.0 Å². The highest BCUT2D eigenvalue weighted by molar-refractivity contribution is 6.29. The van der Waals surface area contributed by atoms with Gasteiger partial charge in [0.25, 0.3) is 0 Å². The first-order chi connectivity index (χ1) is 8.75. The molecule has 0 bridgehead atoms. The van der Waals surface area contributed by atoms with E-state index in [4.69, 9.17) is 11.6 Å². The molecule has 7 heteroatoms. The summed E-state index contributed by atoms with van der Waals surface area (Å²) in [5.41, 5.74) is -0.262. The second-order valence-electron chi connectivity index (χ2n) is 5.45. The van der Waals surface area contributed by atoms with E-state index in [1.165, 1.54) is 0 Å². The average molecular weight is 283 g/mol. The second-order valence-corrected chi connectivity index (χ2v) is 5.84. The Morgan fingerprint density at radius 2 is 1.79 bits per heavy atom. The molecule has 2 heterocycles. The minimum atomic E-state index is -0.344. The molecule has 1 saturated heterocycles. The summed E-state index contributed by atoms with van der Waals surface area (Å²) in [5, 5.41) is 2.54. The molecule has 1 aromatic heterocycles. The van der Waals surface area contributed by atoms with Crippen LogP contribution in [0.1, 0.15) is 26.6 Å². The number of amides is 2. The zero-order valence-electron chi connectivity index (χ0n) is 11.0. The fraction of sp³-hybridized carbons (Fsp3) is 0.500. The summed E-state index contributed by atoms with van der Waals surface area (Å²) in [4.78, 5) is 32.9. The van der Waals surface area contributed by atoms with Crippen LogP contribution in [0.5, 0.6) is 0 Å². The zero-order chi connectivity index (χ0) is 14.2. The van der Waals surface area contributed by atoms with Gasteiger partial charge in [0.15, 0.2) is 0 Å². The van der Waals surface area contributed by atoms with Crippen LogP contribution in [0, 0.1) is 0 Å². The Balaban J connectivity index is 2.37. The molecular weight excluding hydrogens is 268 g/mol. The number of halogens is 1. The highest BCUT2D eigenvalue weighted by Crippen LogP contribution is 2.24. The highest BCUT2D eigenvalue weighted by atomic mass is 35.5. The molecule has 0 saturated carbocycles. The van der Waals surface area contributed by atoms with Gasteiger partial charge in [-0.05, 0) is 0 Å². The quantitative estimate of drug-likeness (QED) is 0.612. The normalized spacial score (nSPS) is 16.5. The van der Waals surface area contributed by atoms with Gasteiger partial charge in [0.05, 0.1) is 13.1 Å². The van der Waals surface area contributed by atoms with Crippen LogP contribution in [0.2, 0.25) is 5.15 Å². The largest absolute Gasteiger partial charge is 0.338 e. The lowest BCUT2D eigenvalue weighted by molar-refractivity contribution is -0.130. The van der Waals surface area contributed by atoms with E-state index >= 15 is 0 Å². The Morgan fingerprint density at radius 1 is 1.21 bits per heavy atom. The van der Waals surface area contributed by atoms with E-state index in [1.54, 1.807) is 11.0 Å². The fourth-order valence-corrected chi connectivity index (χ4v) is 1.88. The molecule has 1 fully saturated rings. The SMILES string of the molecule is CC(C)(C)c1nc(Cl)cc(N2CC(=O)NC(=O)C2)n1. The molecule has 0 unspecified atom stereocenters. The predicted molar refractivity (Wildman–Crippen MR) is 71.1 cm³/mol. The van der Waals surface area contributed by atoms with Gasteiger partial charge in [-0.2, -0.15) is 0 Å². The topological polar surface area (TPSA) is 75.2 Å². The summed E-state index contributed by atoms with van der Waals surface area (Å²) in [6.45, 7) is 6.08. The molecule has 2 rings (SSSR count). The third-order valence-electron chi connectivity index (χ3n) is 2.62. The standard InChI is InChI=1S/C12H15ClN4O2/c1-12(2,3)11-14-7(13)4-8(15-11)17-5-9(18)16-10(19)6-17/h4H,5-6H2,1-3H3,(H,16,18,19). The van der Waals surface area contributed by atoms with E-state index in [0.29, 0.717) is 16.8 Å². The molecule has 1 aromatic rings. The van der Waals surface area contributed by atoms with Crippen molar-refractivity contribution < 1.29 is 9.59 Å². The predicted octanol–water partition coefficient (Wildman–Crippen LogP) is 0.890. The first kappa shape index (κ1) is 13.7. The maximum Gasteiger partial charge on any atom is 0.246 e. The summed E-state index contributed by atoms with van der Waals surface area (Å²) in [5.74, 6) is 0.383. The van der Waals surface area contributed by atoms with E-state index in [0.717, 1.165) is 0 Å². The minimum Gasteiger partial charge on any atom is -0.338 e. The van der Waals surface area contributed by atoms with Crippen LogP contribution in [0.3, 0.4) is 0 Å². The third-order valence-corrected chi connectivity index (χ3v) is 2.82. The number of anilines is 1. The van der Waals surface area contributed by atoms with E-state index in [1.807, 2.05) is 20.8 Å². The van der Waals surface area contributed by atoms with E-state index in [-0.39, 0.29) is 30.3 Å². The molecule has 0 radical (unpaired) electrons. The molecule has 19 heavy (non-hydrogen) atoms. The number of nitrogens with zero attached hydrogens (tertiary/aromatic N) is 3. The van der Waals surface area contributed by atoms with Crippen molar-refractivity contribution >= 4 is 29.2 Å².